The summed E-state index contributed by atoms with van der Waals surface area (Å²) in [5, 5.41) is 8.00. The zero-order chi connectivity index (χ0) is 19.0. The van der Waals surface area contributed by atoms with E-state index < -0.39 is 26.6 Å². The molecule has 10 heteroatoms. The predicted octanol–water partition coefficient (Wildman–Crippen LogP) is 3.18. The van der Waals surface area contributed by atoms with E-state index in [1.807, 2.05) is 0 Å². The van der Waals surface area contributed by atoms with Gasteiger partial charge in [-0.3, -0.25) is 0 Å². The molecule has 142 valence electrons. The number of benzene rings is 1. The Morgan fingerprint density at radius 3 is 2.59 bits per heavy atom. The van der Waals surface area contributed by atoms with E-state index in [1.165, 1.54) is 12.5 Å². The number of hydrogen-bond acceptors (Lipinski definition) is 6. The van der Waals surface area contributed by atoms with E-state index in [2.05, 4.69) is 10.2 Å². The molecule has 0 saturated carbocycles. The van der Waals surface area contributed by atoms with E-state index in [0.29, 0.717) is 36.3 Å². The average molecular weight is 395 g/mol. The maximum Gasteiger partial charge on any atom is 0.250 e. The molecule has 0 unspecified atom stereocenters. The highest BCUT2D eigenvalue weighted by Gasteiger charge is 2.33. The van der Waals surface area contributed by atoms with Gasteiger partial charge in [-0.05, 0) is 37.1 Å². The standard InChI is InChI=1S/C17H15F2N3O4S/c18-13-1-2-14(19)15(9-13)27(23,24)22-6-3-11(4-7-22)16-20-21-17(26-16)12-5-8-25-10-12/h1-2,5,8-11H,3-4,6-7H2. The quantitative estimate of drug-likeness (QED) is 0.674. The fourth-order valence-electron chi connectivity index (χ4n) is 3.06. The summed E-state index contributed by atoms with van der Waals surface area (Å²) >= 11 is 0. The van der Waals surface area contributed by atoms with Gasteiger partial charge in [0.05, 0.1) is 11.8 Å². The SMILES string of the molecule is O=S(=O)(c1cc(F)ccc1F)N1CCC(c2nnc(-c3ccoc3)o2)CC1. The molecule has 0 amide bonds. The molecule has 1 saturated heterocycles. The Balaban J connectivity index is 1.48. The molecule has 1 aliphatic heterocycles. The average Bonchev–Trinajstić information content (AvgIpc) is 3.35. The zero-order valence-corrected chi connectivity index (χ0v) is 14.8. The summed E-state index contributed by atoms with van der Waals surface area (Å²) in [5.74, 6) is -1.14. The molecular weight excluding hydrogens is 380 g/mol. The van der Waals surface area contributed by atoms with Crippen LogP contribution in [0.2, 0.25) is 0 Å². The van der Waals surface area contributed by atoms with E-state index in [9.17, 15) is 17.2 Å². The first-order valence-electron chi connectivity index (χ1n) is 8.26. The molecule has 1 aliphatic rings. The molecule has 0 N–H and O–H groups in total. The Morgan fingerprint density at radius 1 is 1.11 bits per heavy atom. The van der Waals surface area contributed by atoms with Crippen LogP contribution < -0.4 is 0 Å². The second-order valence-corrected chi connectivity index (χ2v) is 8.12. The minimum absolute atomic E-state index is 0.109. The zero-order valence-electron chi connectivity index (χ0n) is 14.0. The third-order valence-corrected chi connectivity index (χ3v) is 6.44. The fraction of sp³-hybridized carbons (Fsp3) is 0.294. The summed E-state index contributed by atoms with van der Waals surface area (Å²) < 4.78 is 64.3. The highest BCUT2D eigenvalue weighted by Crippen LogP contribution is 2.32. The lowest BCUT2D eigenvalue weighted by atomic mass is 9.98. The molecular formula is C17H15F2N3O4S. The van der Waals surface area contributed by atoms with E-state index in [1.54, 1.807) is 6.07 Å². The van der Waals surface area contributed by atoms with Crippen molar-refractivity contribution in [2.24, 2.45) is 0 Å². The maximum atomic E-state index is 13.9. The summed E-state index contributed by atoms with van der Waals surface area (Å²) in [6.45, 7) is 0.290. The molecule has 0 aliphatic carbocycles. The molecule has 4 rings (SSSR count). The molecule has 0 spiro atoms. The van der Waals surface area contributed by atoms with E-state index in [4.69, 9.17) is 8.83 Å². The van der Waals surface area contributed by atoms with Crippen LogP contribution in [-0.4, -0.2) is 36.0 Å². The van der Waals surface area contributed by atoms with Crippen molar-refractivity contribution >= 4 is 10.0 Å². The third kappa shape index (κ3) is 3.37. The third-order valence-electron chi connectivity index (χ3n) is 4.52. The Labute approximate surface area is 153 Å². The van der Waals surface area contributed by atoms with Crippen LogP contribution in [0.3, 0.4) is 0 Å². The number of sulfonamides is 1. The van der Waals surface area contributed by atoms with Crippen LogP contribution in [0, 0.1) is 11.6 Å². The summed E-state index contributed by atoms with van der Waals surface area (Å²) in [6, 6.07) is 4.09. The molecule has 3 heterocycles. The van der Waals surface area contributed by atoms with Crippen molar-refractivity contribution in [2.45, 2.75) is 23.7 Å². The monoisotopic (exact) mass is 395 g/mol. The summed E-state index contributed by atoms with van der Waals surface area (Å²) in [6.07, 6.45) is 3.85. The number of aromatic nitrogens is 2. The first kappa shape index (κ1) is 17.8. The van der Waals surface area contributed by atoms with Crippen molar-refractivity contribution in [1.29, 1.82) is 0 Å². The maximum absolute atomic E-state index is 13.9. The van der Waals surface area contributed by atoms with Gasteiger partial charge < -0.3 is 8.83 Å². The fourth-order valence-corrected chi connectivity index (χ4v) is 4.61. The number of halogens is 2. The second kappa shape index (κ2) is 6.86. The Hall–Kier alpha value is -2.59. The van der Waals surface area contributed by atoms with Crippen molar-refractivity contribution in [1.82, 2.24) is 14.5 Å². The number of hydrogen-bond donors (Lipinski definition) is 0. The molecule has 0 atom stereocenters. The van der Waals surface area contributed by atoms with Crippen molar-refractivity contribution < 1.29 is 26.0 Å². The first-order chi connectivity index (χ1) is 12.9. The van der Waals surface area contributed by atoms with E-state index in [0.717, 1.165) is 16.4 Å². The highest BCUT2D eigenvalue weighted by atomic mass is 32.2. The normalized spacial score (nSPS) is 16.7. The molecule has 3 aromatic rings. The van der Waals surface area contributed by atoms with Gasteiger partial charge in [0.2, 0.25) is 15.9 Å². The molecule has 0 radical (unpaired) electrons. The number of piperidine rings is 1. The van der Waals surface area contributed by atoms with Crippen LogP contribution in [0.25, 0.3) is 11.5 Å². The van der Waals surface area contributed by atoms with Gasteiger partial charge in [0.15, 0.2) is 0 Å². The second-order valence-electron chi connectivity index (χ2n) is 6.21. The van der Waals surface area contributed by atoms with Gasteiger partial charge in [-0.25, -0.2) is 17.2 Å². The largest absolute Gasteiger partial charge is 0.472 e. The highest BCUT2D eigenvalue weighted by molar-refractivity contribution is 7.89. The van der Waals surface area contributed by atoms with Crippen LogP contribution in [0.15, 0.2) is 50.5 Å². The van der Waals surface area contributed by atoms with E-state index in [-0.39, 0.29) is 19.0 Å². The van der Waals surface area contributed by atoms with Crippen molar-refractivity contribution in [2.75, 3.05) is 13.1 Å². The summed E-state index contributed by atoms with van der Waals surface area (Å²) in [4.78, 5) is -0.652. The van der Waals surface area contributed by atoms with Gasteiger partial charge in [0.1, 0.15) is 22.8 Å². The minimum atomic E-state index is -4.11. The Bertz CT molecular complexity index is 1040. The van der Waals surface area contributed by atoms with Crippen molar-refractivity contribution in [3.05, 3.63) is 54.3 Å². The lowest BCUT2D eigenvalue weighted by molar-refractivity contribution is 0.290. The Morgan fingerprint density at radius 2 is 1.89 bits per heavy atom. The van der Waals surface area contributed by atoms with E-state index >= 15 is 0 Å². The van der Waals surface area contributed by atoms with Crippen LogP contribution in [0.1, 0.15) is 24.7 Å². The van der Waals surface area contributed by atoms with Crippen molar-refractivity contribution in [3.8, 4) is 11.5 Å². The number of furan rings is 1. The van der Waals surface area contributed by atoms with Gasteiger partial charge >= 0.3 is 0 Å². The minimum Gasteiger partial charge on any atom is -0.472 e. The summed E-state index contributed by atoms with van der Waals surface area (Å²) in [5.41, 5.74) is 0.662. The van der Waals surface area contributed by atoms with Crippen LogP contribution in [0.4, 0.5) is 8.78 Å². The lowest BCUT2D eigenvalue weighted by Gasteiger charge is -2.29. The van der Waals surface area contributed by atoms with Gasteiger partial charge in [-0.2, -0.15) is 4.31 Å². The first-order valence-corrected chi connectivity index (χ1v) is 9.70. The summed E-state index contributed by atoms with van der Waals surface area (Å²) in [7, 11) is -4.11. The molecule has 27 heavy (non-hydrogen) atoms. The van der Waals surface area contributed by atoms with Gasteiger partial charge in [-0.1, -0.05) is 0 Å². The van der Waals surface area contributed by atoms with Crippen LogP contribution in [-0.2, 0) is 10.0 Å². The van der Waals surface area contributed by atoms with Gasteiger partial charge in [0.25, 0.3) is 5.89 Å². The Kier molecular flexibility index (Phi) is 4.52. The number of rotatable bonds is 4. The predicted molar refractivity (Wildman–Crippen MR) is 89.1 cm³/mol. The topological polar surface area (TPSA) is 89.4 Å². The smallest absolute Gasteiger partial charge is 0.250 e. The molecule has 7 nitrogen and oxygen atoms in total. The van der Waals surface area contributed by atoms with Crippen molar-refractivity contribution in [3.63, 3.8) is 0 Å². The van der Waals surface area contributed by atoms with Crippen LogP contribution in [0.5, 0.6) is 0 Å². The molecule has 1 aromatic carbocycles. The number of nitrogens with zero attached hydrogens (tertiary/aromatic N) is 3. The lowest BCUT2D eigenvalue weighted by Crippen LogP contribution is -2.38. The molecule has 2 aromatic heterocycles. The molecule has 1 fully saturated rings. The molecule has 0 bridgehead atoms. The van der Waals surface area contributed by atoms with Gasteiger partial charge in [-0.15, -0.1) is 10.2 Å². The van der Waals surface area contributed by atoms with Crippen LogP contribution >= 0.6 is 0 Å². The van der Waals surface area contributed by atoms with Gasteiger partial charge in [0, 0.05) is 19.0 Å².